The zero-order valence-electron chi connectivity index (χ0n) is 54.7. The third kappa shape index (κ3) is 8.72. The molecule has 5 heteroatoms. The Labute approximate surface area is 515 Å². The van der Waals surface area contributed by atoms with E-state index in [2.05, 4.69) is 296 Å². The van der Waals surface area contributed by atoms with Crippen LogP contribution in [-0.2, 0) is 43.3 Å². The van der Waals surface area contributed by atoms with Crippen molar-refractivity contribution in [3.63, 3.8) is 0 Å². The predicted octanol–water partition coefficient (Wildman–Crippen LogP) is 20.7. The molecule has 2 aliphatic heterocycles. The van der Waals surface area contributed by atoms with Crippen LogP contribution in [0.4, 0.5) is 51.2 Å². The molecule has 86 heavy (non-hydrogen) atoms. The van der Waals surface area contributed by atoms with Crippen molar-refractivity contribution in [2.45, 2.75) is 200 Å². The molecule has 8 aromatic carbocycles. The summed E-state index contributed by atoms with van der Waals surface area (Å²) in [6.45, 7) is 41.1. The molecule has 438 valence electrons. The number of fused-ring (bicyclic) bond motifs is 9. The summed E-state index contributed by atoms with van der Waals surface area (Å²) < 4.78 is 7.87. The molecule has 0 bridgehead atoms. The third-order valence-corrected chi connectivity index (χ3v) is 22.3. The van der Waals surface area contributed by atoms with Crippen LogP contribution in [0, 0.1) is 0 Å². The van der Waals surface area contributed by atoms with E-state index in [0.29, 0.717) is 0 Å². The lowest BCUT2D eigenvalue weighted by Crippen LogP contribution is -2.61. The fraction of sp³-hybridized carbons (Fsp3) is 0.383. The Morgan fingerprint density at radius 2 is 0.849 bits per heavy atom. The van der Waals surface area contributed by atoms with Crippen LogP contribution in [0.3, 0.4) is 0 Å². The first-order chi connectivity index (χ1) is 40.5. The number of hydrogen-bond donors (Lipinski definition) is 0. The summed E-state index contributed by atoms with van der Waals surface area (Å²) in [4.78, 5) is 7.85. The standard InChI is InChI=1S/C81H90BN3O/c1-74(2,3)51-28-32-56(33-29-51)85-69-46-58(83(54-26-22-19-23-27-54)55-34-30-53(31-35-55)81(16,17)52-24-20-18-21-25-52)45-68-71(69)82(73-72(85)59-47-62-65(50-70(59)86-73)80(14,15)43-40-77(62,8)9)66-48-63-64(79(12,13)42-41-78(63,10)11)49-67(66)84(68)57-36-37-60-61(44-57)76(6,7)39-38-75(60,4)5/h18-37,44-50H,38-43H2,1-17H3. The predicted molar refractivity (Wildman–Crippen MR) is 368 cm³/mol. The number of furan rings is 1. The van der Waals surface area contributed by atoms with E-state index in [-0.39, 0.29) is 50.0 Å². The monoisotopic (exact) mass is 1130 g/mol. The van der Waals surface area contributed by atoms with Crippen molar-refractivity contribution >= 4 is 85.5 Å². The molecule has 3 aliphatic carbocycles. The van der Waals surface area contributed by atoms with Crippen molar-refractivity contribution in [2.75, 3.05) is 14.7 Å². The largest absolute Gasteiger partial charge is 0.468 e. The van der Waals surface area contributed by atoms with E-state index < -0.39 is 0 Å². The van der Waals surface area contributed by atoms with Gasteiger partial charge in [-0.15, -0.1) is 0 Å². The van der Waals surface area contributed by atoms with Crippen LogP contribution >= 0.6 is 0 Å². The number of para-hydroxylation sites is 1. The molecule has 0 amide bonds. The van der Waals surface area contributed by atoms with E-state index in [1.807, 2.05) is 0 Å². The first-order valence-electron chi connectivity index (χ1n) is 32.3. The van der Waals surface area contributed by atoms with E-state index >= 15 is 0 Å². The molecule has 14 rings (SSSR count). The maximum Gasteiger partial charge on any atom is 0.297 e. The lowest BCUT2D eigenvalue weighted by Gasteiger charge is -2.47. The summed E-state index contributed by atoms with van der Waals surface area (Å²) in [5, 5.41) is 1.18. The quantitative estimate of drug-likeness (QED) is 0.148. The second kappa shape index (κ2) is 18.9. The van der Waals surface area contributed by atoms with Crippen LogP contribution in [-0.4, -0.2) is 6.71 Å². The highest BCUT2D eigenvalue weighted by molar-refractivity contribution is 7.00. The van der Waals surface area contributed by atoms with E-state index in [9.17, 15) is 0 Å². The van der Waals surface area contributed by atoms with Crippen LogP contribution < -0.4 is 31.3 Å². The molecule has 1 aromatic heterocycles. The summed E-state index contributed by atoms with van der Waals surface area (Å²) in [5.41, 5.74) is 27.3. The van der Waals surface area contributed by atoms with Crippen LogP contribution in [0.25, 0.3) is 11.0 Å². The Balaban J connectivity index is 1.13. The van der Waals surface area contributed by atoms with Crippen molar-refractivity contribution < 1.29 is 4.42 Å². The SMILES string of the molecule is CC(C)(C)c1ccc(N2c3cc(N(c4ccccc4)c4ccc(C(C)(C)c5ccccc5)cc4)cc4c3B(c3cc5c(cc3N4c3ccc4c(c3)C(C)(C)CCC4(C)C)C(C)(C)CCC5(C)C)c3oc4cc5c(cc4c32)C(C)(C)CCC5(C)C)cc1. The van der Waals surface area contributed by atoms with E-state index in [4.69, 9.17) is 4.42 Å². The Hall–Kier alpha value is -7.24. The van der Waals surface area contributed by atoms with E-state index in [1.165, 1.54) is 89.1 Å². The molecule has 9 aromatic rings. The Bertz CT molecular complexity index is 4180. The third-order valence-electron chi connectivity index (χ3n) is 22.3. The van der Waals surface area contributed by atoms with Gasteiger partial charge < -0.3 is 19.1 Å². The maximum atomic E-state index is 7.87. The second-order valence-corrected chi connectivity index (χ2v) is 32.2. The summed E-state index contributed by atoms with van der Waals surface area (Å²) >= 11 is 0. The van der Waals surface area contributed by atoms with Gasteiger partial charge in [0, 0.05) is 50.6 Å². The van der Waals surface area contributed by atoms with Gasteiger partial charge in [-0.25, -0.2) is 0 Å². The topological polar surface area (TPSA) is 22.9 Å². The lowest BCUT2D eigenvalue weighted by atomic mass is 9.35. The van der Waals surface area contributed by atoms with Gasteiger partial charge >= 0.3 is 0 Å². The molecule has 5 aliphatic rings. The number of nitrogens with zero attached hydrogens (tertiary/aromatic N) is 3. The van der Waals surface area contributed by atoms with Crippen LogP contribution in [0.15, 0.2) is 168 Å². The van der Waals surface area contributed by atoms with Gasteiger partial charge in [0.2, 0.25) is 0 Å². The van der Waals surface area contributed by atoms with Gasteiger partial charge in [0.1, 0.15) is 5.58 Å². The van der Waals surface area contributed by atoms with Crippen molar-refractivity contribution in [2.24, 2.45) is 0 Å². The van der Waals surface area contributed by atoms with E-state index in [1.54, 1.807) is 0 Å². The van der Waals surface area contributed by atoms with Gasteiger partial charge in [0.15, 0.2) is 0 Å². The molecule has 0 saturated carbocycles. The second-order valence-electron chi connectivity index (χ2n) is 32.2. The molecular weight excluding hydrogens is 1040 g/mol. The molecule has 0 radical (unpaired) electrons. The zero-order valence-corrected chi connectivity index (χ0v) is 54.7. The minimum Gasteiger partial charge on any atom is -0.468 e. The number of anilines is 9. The average Bonchev–Trinajstić information content (AvgIpc) is 1.22. The highest BCUT2D eigenvalue weighted by Crippen LogP contribution is 2.56. The van der Waals surface area contributed by atoms with Crippen molar-refractivity contribution in [3.8, 4) is 0 Å². The molecule has 3 heterocycles. The molecule has 0 saturated heterocycles. The number of rotatable bonds is 7. The van der Waals surface area contributed by atoms with Gasteiger partial charge in [-0.1, -0.05) is 203 Å². The van der Waals surface area contributed by atoms with Gasteiger partial charge in [0.25, 0.3) is 6.71 Å². The fourth-order valence-corrected chi connectivity index (χ4v) is 16.2. The average molecular weight is 1130 g/mol. The van der Waals surface area contributed by atoms with Crippen LogP contribution in [0.5, 0.6) is 0 Å². The van der Waals surface area contributed by atoms with Crippen molar-refractivity contribution in [3.05, 3.63) is 214 Å². The first kappa shape index (κ1) is 56.6. The Kier molecular flexibility index (Phi) is 12.4. The summed E-state index contributed by atoms with van der Waals surface area (Å²) in [7, 11) is 0. The van der Waals surface area contributed by atoms with Gasteiger partial charge in [-0.3, -0.25) is 0 Å². The summed E-state index contributed by atoms with van der Waals surface area (Å²) in [6, 6.07) is 64.0. The molecule has 4 nitrogen and oxygen atoms in total. The molecule has 0 fully saturated rings. The molecule has 0 N–H and O–H groups in total. The molecule has 0 unspecified atom stereocenters. The Morgan fingerprint density at radius 3 is 1.42 bits per heavy atom. The minimum atomic E-state index is -0.213. The van der Waals surface area contributed by atoms with Crippen molar-refractivity contribution in [1.29, 1.82) is 0 Å². The first-order valence-corrected chi connectivity index (χ1v) is 32.3. The van der Waals surface area contributed by atoms with Gasteiger partial charge in [0.05, 0.1) is 17.0 Å². The maximum absolute atomic E-state index is 7.87. The van der Waals surface area contributed by atoms with Crippen LogP contribution in [0.2, 0.25) is 0 Å². The van der Waals surface area contributed by atoms with Gasteiger partial charge in [-0.05, 0) is 216 Å². The lowest BCUT2D eigenvalue weighted by molar-refractivity contribution is 0.332. The van der Waals surface area contributed by atoms with Gasteiger partial charge in [-0.2, -0.15) is 0 Å². The molecule has 0 atom stereocenters. The fourth-order valence-electron chi connectivity index (χ4n) is 16.2. The zero-order chi connectivity index (χ0) is 60.6. The highest BCUT2D eigenvalue weighted by Gasteiger charge is 2.51. The summed E-state index contributed by atoms with van der Waals surface area (Å²) in [5.74, 6) is 0. The summed E-state index contributed by atoms with van der Waals surface area (Å²) in [6.07, 6.45) is 6.83. The number of benzene rings is 8. The van der Waals surface area contributed by atoms with Crippen molar-refractivity contribution in [1.82, 2.24) is 0 Å². The Morgan fingerprint density at radius 1 is 0.395 bits per heavy atom. The van der Waals surface area contributed by atoms with Crippen LogP contribution in [0.1, 0.15) is 206 Å². The molecular formula is C81H90BN3O. The smallest absolute Gasteiger partial charge is 0.297 e. The highest BCUT2D eigenvalue weighted by atomic mass is 16.3. The minimum absolute atomic E-state index is 0.00199. The normalized spacial score (nSPS) is 19.0. The van der Waals surface area contributed by atoms with E-state index in [0.717, 1.165) is 78.2 Å². The number of hydrogen-bond acceptors (Lipinski definition) is 4. The molecule has 0 spiro atoms.